The maximum Gasteiger partial charge on any atom is 0.311 e. The lowest BCUT2D eigenvalue weighted by molar-refractivity contribution is -0.386. The lowest BCUT2D eigenvalue weighted by Crippen LogP contribution is -2.05. The second-order valence-electron chi connectivity index (χ2n) is 3.12. The van der Waals surface area contributed by atoms with Gasteiger partial charge in [-0.05, 0) is 11.6 Å². The van der Waals surface area contributed by atoms with Crippen molar-refractivity contribution in [1.29, 1.82) is 0 Å². The van der Waals surface area contributed by atoms with Gasteiger partial charge in [0.25, 0.3) is 0 Å². The number of nitro benzene ring substituents is 1. The molecular formula is C9H9NO6. The molecular weight excluding hydrogens is 218 g/mol. The Morgan fingerprint density at radius 1 is 1.50 bits per heavy atom. The second-order valence-corrected chi connectivity index (χ2v) is 3.12. The van der Waals surface area contributed by atoms with Crippen LogP contribution in [0.4, 0.5) is 5.69 Å². The molecule has 0 radical (unpaired) electrons. The van der Waals surface area contributed by atoms with Crippen molar-refractivity contribution in [2.75, 3.05) is 0 Å². The molecule has 0 aliphatic heterocycles. The van der Waals surface area contributed by atoms with E-state index in [0.29, 0.717) is 0 Å². The summed E-state index contributed by atoms with van der Waals surface area (Å²) in [5, 5.41) is 37.4. The van der Waals surface area contributed by atoms with Gasteiger partial charge in [0.05, 0.1) is 17.4 Å². The molecule has 86 valence electrons. The molecule has 0 fully saturated rings. The van der Waals surface area contributed by atoms with Crippen molar-refractivity contribution in [3.63, 3.8) is 0 Å². The van der Waals surface area contributed by atoms with Gasteiger partial charge >= 0.3 is 11.7 Å². The Hall–Kier alpha value is -2.15. The molecule has 1 atom stereocenters. The molecule has 0 saturated carbocycles. The number of rotatable bonds is 4. The van der Waals surface area contributed by atoms with Crippen molar-refractivity contribution >= 4 is 11.7 Å². The summed E-state index contributed by atoms with van der Waals surface area (Å²) in [6.07, 6.45) is -1.89. The van der Waals surface area contributed by atoms with Crippen LogP contribution in [-0.2, 0) is 4.79 Å². The minimum Gasteiger partial charge on any atom is -0.502 e. The molecule has 0 spiro atoms. The SMILES string of the molecule is O=C(O)C[C@@H](O)c1ccc(O)c([N+](=O)[O-])c1. The van der Waals surface area contributed by atoms with Gasteiger partial charge in [-0.1, -0.05) is 6.07 Å². The molecule has 7 nitrogen and oxygen atoms in total. The number of carbonyl (C=O) groups is 1. The Balaban J connectivity index is 3.02. The van der Waals surface area contributed by atoms with Gasteiger partial charge in [-0.2, -0.15) is 0 Å². The van der Waals surface area contributed by atoms with E-state index >= 15 is 0 Å². The topological polar surface area (TPSA) is 121 Å². The molecule has 0 aliphatic rings. The number of aromatic hydroxyl groups is 1. The Morgan fingerprint density at radius 3 is 2.62 bits per heavy atom. The molecule has 3 N–H and O–H groups in total. The first kappa shape index (κ1) is 11.9. The smallest absolute Gasteiger partial charge is 0.311 e. The van der Waals surface area contributed by atoms with Crippen molar-refractivity contribution in [2.24, 2.45) is 0 Å². The number of aliphatic hydroxyl groups is 1. The van der Waals surface area contributed by atoms with E-state index in [2.05, 4.69) is 0 Å². The Labute approximate surface area is 89.7 Å². The number of aliphatic carboxylic acids is 1. The third-order valence-electron chi connectivity index (χ3n) is 1.95. The first-order valence-corrected chi connectivity index (χ1v) is 4.29. The highest BCUT2D eigenvalue weighted by Gasteiger charge is 2.18. The van der Waals surface area contributed by atoms with Gasteiger partial charge in [-0.25, -0.2) is 0 Å². The molecule has 0 aromatic heterocycles. The number of aliphatic hydroxyl groups excluding tert-OH is 1. The standard InChI is InChI=1S/C9H9NO6/c11-7-2-1-5(3-6(7)10(15)16)8(12)4-9(13)14/h1-3,8,11-12H,4H2,(H,13,14)/t8-/m1/s1. The quantitative estimate of drug-likeness (QED) is 0.516. The van der Waals surface area contributed by atoms with Crippen LogP contribution in [0.3, 0.4) is 0 Å². The summed E-state index contributed by atoms with van der Waals surface area (Å²) < 4.78 is 0. The first-order valence-electron chi connectivity index (χ1n) is 4.29. The molecule has 0 aliphatic carbocycles. The molecule has 16 heavy (non-hydrogen) atoms. The zero-order valence-corrected chi connectivity index (χ0v) is 8.03. The van der Waals surface area contributed by atoms with Crippen LogP contribution in [-0.4, -0.2) is 26.2 Å². The number of phenols is 1. The number of carboxylic acid groups (broad SMARTS) is 1. The summed E-state index contributed by atoms with van der Waals surface area (Å²) in [4.78, 5) is 20.0. The predicted molar refractivity (Wildman–Crippen MR) is 52.0 cm³/mol. The number of nitro groups is 1. The lowest BCUT2D eigenvalue weighted by atomic mass is 10.1. The summed E-state index contributed by atoms with van der Waals surface area (Å²) >= 11 is 0. The summed E-state index contributed by atoms with van der Waals surface area (Å²) in [5.41, 5.74) is -0.492. The first-order chi connectivity index (χ1) is 7.41. The van der Waals surface area contributed by atoms with Gasteiger partial charge in [0.15, 0.2) is 5.75 Å². The van der Waals surface area contributed by atoms with Crippen LogP contribution < -0.4 is 0 Å². The average Bonchev–Trinajstić information content (AvgIpc) is 2.16. The summed E-state index contributed by atoms with van der Waals surface area (Å²) in [6, 6.07) is 3.22. The van der Waals surface area contributed by atoms with E-state index in [1.54, 1.807) is 0 Å². The van der Waals surface area contributed by atoms with Crippen molar-refractivity contribution in [1.82, 2.24) is 0 Å². The van der Waals surface area contributed by atoms with Crippen LogP contribution in [0.2, 0.25) is 0 Å². The molecule has 1 rings (SSSR count). The van der Waals surface area contributed by atoms with Gasteiger partial charge in [0.1, 0.15) is 0 Å². The van der Waals surface area contributed by atoms with Gasteiger partial charge in [0.2, 0.25) is 0 Å². The number of hydrogen-bond acceptors (Lipinski definition) is 5. The van der Waals surface area contributed by atoms with Gasteiger partial charge in [0, 0.05) is 6.07 Å². The molecule has 7 heteroatoms. The molecule has 0 unspecified atom stereocenters. The Bertz CT molecular complexity index is 430. The van der Waals surface area contributed by atoms with E-state index in [-0.39, 0.29) is 5.56 Å². The number of benzene rings is 1. The molecule has 0 bridgehead atoms. The third kappa shape index (κ3) is 2.67. The number of phenolic OH excluding ortho intramolecular Hbond substituents is 1. The molecule has 0 saturated heterocycles. The summed E-state index contributed by atoms with van der Waals surface area (Å²) in [5.74, 6) is -1.75. The zero-order valence-electron chi connectivity index (χ0n) is 8.03. The average molecular weight is 227 g/mol. The van der Waals surface area contributed by atoms with E-state index in [4.69, 9.17) is 10.2 Å². The second kappa shape index (κ2) is 4.58. The monoisotopic (exact) mass is 227 g/mol. The summed E-state index contributed by atoms with van der Waals surface area (Å²) in [6.45, 7) is 0. The van der Waals surface area contributed by atoms with Crippen molar-refractivity contribution < 1.29 is 25.0 Å². The van der Waals surface area contributed by atoms with E-state index in [0.717, 1.165) is 12.1 Å². The number of nitrogens with zero attached hydrogens (tertiary/aromatic N) is 1. The molecule has 0 amide bonds. The largest absolute Gasteiger partial charge is 0.502 e. The van der Waals surface area contributed by atoms with Crippen LogP contribution in [0.1, 0.15) is 18.1 Å². The minimum absolute atomic E-state index is 0.0758. The van der Waals surface area contributed by atoms with Gasteiger partial charge in [-0.15, -0.1) is 0 Å². The van der Waals surface area contributed by atoms with E-state index in [9.17, 15) is 20.0 Å². The van der Waals surface area contributed by atoms with Gasteiger partial charge < -0.3 is 15.3 Å². The highest BCUT2D eigenvalue weighted by Crippen LogP contribution is 2.29. The number of carboxylic acids is 1. The van der Waals surface area contributed by atoms with Gasteiger partial charge in [-0.3, -0.25) is 14.9 Å². The highest BCUT2D eigenvalue weighted by atomic mass is 16.6. The van der Waals surface area contributed by atoms with E-state index in [1.807, 2.05) is 0 Å². The van der Waals surface area contributed by atoms with Crippen molar-refractivity contribution in [3.05, 3.63) is 33.9 Å². The van der Waals surface area contributed by atoms with Crippen LogP contribution in [0.25, 0.3) is 0 Å². The Kier molecular flexibility index (Phi) is 3.41. The molecule has 0 heterocycles. The van der Waals surface area contributed by atoms with Crippen molar-refractivity contribution in [3.8, 4) is 5.75 Å². The fraction of sp³-hybridized carbons (Fsp3) is 0.222. The van der Waals surface area contributed by atoms with Crippen LogP contribution in [0, 0.1) is 10.1 Å². The lowest BCUT2D eigenvalue weighted by Gasteiger charge is -2.08. The van der Waals surface area contributed by atoms with E-state index < -0.39 is 34.9 Å². The predicted octanol–water partition coefficient (Wildman–Crippen LogP) is 0.808. The molecule has 1 aromatic rings. The fourth-order valence-corrected chi connectivity index (χ4v) is 1.18. The third-order valence-corrected chi connectivity index (χ3v) is 1.95. The maximum atomic E-state index is 10.5. The number of hydrogen-bond donors (Lipinski definition) is 3. The Morgan fingerprint density at radius 2 is 2.12 bits per heavy atom. The maximum absolute atomic E-state index is 10.5. The molecule has 1 aromatic carbocycles. The van der Waals surface area contributed by atoms with Crippen LogP contribution >= 0.6 is 0 Å². The minimum atomic E-state index is -1.34. The van der Waals surface area contributed by atoms with Crippen LogP contribution in [0.5, 0.6) is 5.75 Å². The summed E-state index contributed by atoms with van der Waals surface area (Å²) in [7, 11) is 0. The van der Waals surface area contributed by atoms with E-state index in [1.165, 1.54) is 6.07 Å². The zero-order chi connectivity index (χ0) is 12.3. The fourth-order valence-electron chi connectivity index (χ4n) is 1.18. The van der Waals surface area contributed by atoms with Crippen LogP contribution in [0.15, 0.2) is 18.2 Å². The highest BCUT2D eigenvalue weighted by molar-refractivity contribution is 5.67. The normalized spacial score (nSPS) is 12.1. The van der Waals surface area contributed by atoms with Crippen molar-refractivity contribution in [2.45, 2.75) is 12.5 Å².